The lowest BCUT2D eigenvalue weighted by atomic mass is 9.98. The maximum Gasteiger partial charge on any atom is 0.249 e. The molecule has 1 saturated heterocycles. The van der Waals surface area contributed by atoms with Gasteiger partial charge in [0.25, 0.3) is 0 Å². The van der Waals surface area contributed by atoms with Crippen molar-refractivity contribution in [1.29, 1.82) is 0 Å². The number of unbranched alkanes of at least 4 members (excludes halogenated alkanes) is 52. The van der Waals surface area contributed by atoms with Crippen molar-refractivity contribution < 1.29 is 50.0 Å². The smallest absolute Gasteiger partial charge is 0.249 e. The number of rotatable bonds is 64. The van der Waals surface area contributed by atoms with Crippen molar-refractivity contribution in [1.82, 2.24) is 5.32 Å². The van der Waals surface area contributed by atoms with E-state index in [1.54, 1.807) is 0 Å². The molecule has 484 valence electrons. The zero-order valence-corrected chi connectivity index (χ0v) is 53.6. The Kier molecular flexibility index (Phi) is 57.3. The van der Waals surface area contributed by atoms with Crippen LogP contribution in [0.5, 0.6) is 0 Å². The van der Waals surface area contributed by atoms with E-state index in [9.17, 15) is 40.5 Å². The first-order chi connectivity index (χ1) is 39.7. The molecule has 1 rings (SSSR count). The summed E-state index contributed by atoms with van der Waals surface area (Å²) >= 11 is 0. The van der Waals surface area contributed by atoms with Crippen molar-refractivity contribution in [3.8, 4) is 0 Å². The molecule has 11 nitrogen and oxygen atoms in total. The zero-order valence-electron chi connectivity index (χ0n) is 53.6. The maximum atomic E-state index is 13.3. The summed E-state index contributed by atoms with van der Waals surface area (Å²) in [7, 11) is 0. The first-order valence-electron chi connectivity index (χ1n) is 35.9. The van der Waals surface area contributed by atoms with E-state index in [-0.39, 0.29) is 6.42 Å². The Hall–Kier alpha value is -0.890. The van der Waals surface area contributed by atoms with Crippen molar-refractivity contribution in [3.63, 3.8) is 0 Å². The molecule has 0 saturated carbocycles. The fourth-order valence-corrected chi connectivity index (χ4v) is 12.2. The molecule has 1 fully saturated rings. The number of hydrogen-bond donors (Lipinski definition) is 8. The second-order valence-electron chi connectivity index (χ2n) is 25.7. The van der Waals surface area contributed by atoms with Crippen LogP contribution >= 0.6 is 0 Å². The molecule has 11 heteroatoms. The minimum atomic E-state index is -1.66. The van der Waals surface area contributed by atoms with Crippen molar-refractivity contribution in [2.75, 3.05) is 13.2 Å². The van der Waals surface area contributed by atoms with Gasteiger partial charge in [0.05, 0.1) is 25.4 Å². The molecule has 1 aliphatic rings. The van der Waals surface area contributed by atoms with Gasteiger partial charge in [-0.3, -0.25) is 4.79 Å². The molecule has 0 radical (unpaired) electrons. The van der Waals surface area contributed by atoms with Crippen molar-refractivity contribution in [2.45, 2.75) is 428 Å². The molecule has 0 bridgehead atoms. The van der Waals surface area contributed by atoms with E-state index < -0.39 is 74.2 Å². The predicted molar refractivity (Wildman–Crippen MR) is 340 cm³/mol. The number of aliphatic hydroxyl groups excluding tert-OH is 7. The Morgan fingerprint density at radius 2 is 0.642 bits per heavy atom. The SMILES string of the molecule is CCCCCCCCCCCCCCCCCCCCCCCCCCCCCCC(O)C(O)C(COC1OC(CO)C(O)C(O)C1O)NC(=O)C(O)CCCCCCCCCCCCCCCCCCCCCCCCCCCC. The Labute approximate surface area is 500 Å². The van der Waals surface area contributed by atoms with Crippen molar-refractivity contribution in [3.05, 3.63) is 0 Å². The average Bonchev–Trinajstić information content (AvgIpc) is 3.49. The van der Waals surface area contributed by atoms with Crippen LogP contribution in [0.25, 0.3) is 0 Å². The molecule has 1 heterocycles. The number of aliphatic hydroxyl groups is 7. The second-order valence-corrected chi connectivity index (χ2v) is 25.7. The third-order valence-corrected chi connectivity index (χ3v) is 17.9. The zero-order chi connectivity index (χ0) is 58.9. The largest absolute Gasteiger partial charge is 0.394 e. The van der Waals surface area contributed by atoms with Gasteiger partial charge in [-0.15, -0.1) is 0 Å². The minimum Gasteiger partial charge on any atom is -0.394 e. The van der Waals surface area contributed by atoms with Crippen LogP contribution < -0.4 is 5.32 Å². The van der Waals surface area contributed by atoms with Gasteiger partial charge in [0, 0.05) is 0 Å². The second kappa shape index (κ2) is 59.4. The van der Waals surface area contributed by atoms with Gasteiger partial charge in [0.1, 0.15) is 36.6 Å². The fraction of sp³-hybridized carbons (Fsp3) is 0.986. The third-order valence-electron chi connectivity index (χ3n) is 17.9. The molecule has 1 aliphatic heterocycles. The fourth-order valence-electron chi connectivity index (χ4n) is 12.2. The van der Waals surface area contributed by atoms with Crippen molar-refractivity contribution >= 4 is 5.91 Å². The predicted octanol–water partition coefficient (Wildman–Crippen LogP) is 17.3. The number of carbonyl (C=O) groups excluding carboxylic acids is 1. The van der Waals surface area contributed by atoms with Gasteiger partial charge in [0.15, 0.2) is 6.29 Å². The van der Waals surface area contributed by atoms with Crippen LogP contribution in [-0.2, 0) is 14.3 Å². The summed E-state index contributed by atoms with van der Waals surface area (Å²) in [5.41, 5.74) is 0. The third kappa shape index (κ3) is 46.9. The standard InChI is InChI=1S/C70H139NO10/c1-3-5-7-9-11-13-15-17-19-21-23-25-27-29-31-32-34-35-37-39-41-43-45-47-49-51-53-55-57-62(73)65(75)61(60-80-70-68(78)67(77)66(76)64(59-72)81-70)71-69(79)63(74)58-56-54-52-50-48-46-44-42-40-38-36-33-30-28-26-24-22-20-18-16-14-12-10-8-6-4-2/h61-68,70,72-78H,3-60H2,1-2H3,(H,71,79). The van der Waals surface area contributed by atoms with Gasteiger partial charge in [-0.1, -0.05) is 361 Å². The van der Waals surface area contributed by atoms with Gasteiger partial charge in [-0.25, -0.2) is 0 Å². The Morgan fingerprint density at radius 1 is 0.383 bits per heavy atom. The van der Waals surface area contributed by atoms with E-state index >= 15 is 0 Å². The minimum absolute atomic E-state index is 0.268. The van der Waals surface area contributed by atoms with E-state index in [0.717, 1.165) is 38.5 Å². The average molecular weight is 1150 g/mol. The molecule has 9 atom stereocenters. The van der Waals surface area contributed by atoms with E-state index in [2.05, 4.69) is 19.2 Å². The molecule has 0 aliphatic carbocycles. The highest BCUT2D eigenvalue weighted by atomic mass is 16.7. The number of hydrogen-bond acceptors (Lipinski definition) is 10. The number of nitrogens with one attached hydrogen (secondary N) is 1. The summed E-state index contributed by atoms with van der Waals surface area (Å²) in [5, 5.41) is 76.6. The Balaban J connectivity index is 2.18. The highest BCUT2D eigenvalue weighted by Crippen LogP contribution is 2.24. The van der Waals surface area contributed by atoms with E-state index in [1.807, 2.05) is 0 Å². The van der Waals surface area contributed by atoms with Crippen molar-refractivity contribution in [2.24, 2.45) is 0 Å². The van der Waals surface area contributed by atoms with Gasteiger partial charge in [0.2, 0.25) is 5.91 Å². The molecule has 81 heavy (non-hydrogen) atoms. The number of ether oxygens (including phenoxy) is 2. The van der Waals surface area contributed by atoms with Gasteiger partial charge >= 0.3 is 0 Å². The highest BCUT2D eigenvalue weighted by molar-refractivity contribution is 5.80. The van der Waals surface area contributed by atoms with Crippen LogP contribution in [0.2, 0.25) is 0 Å². The highest BCUT2D eigenvalue weighted by Gasteiger charge is 2.44. The molecule has 0 aromatic carbocycles. The van der Waals surface area contributed by atoms with Crippen LogP contribution in [0.15, 0.2) is 0 Å². The molecule has 9 unspecified atom stereocenters. The lowest BCUT2D eigenvalue weighted by Crippen LogP contribution is -2.60. The normalized spacial score (nSPS) is 19.0. The first-order valence-corrected chi connectivity index (χ1v) is 35.9. The lowest BCUT2D eigenvalue weighted by molar-refractivity contribution is -0.303. The summed E-state index contributed by atoms with van der Waals surface area (Å²) in [5.74, 6) is -0.686. The Bertz CT molecular complexity index is 1280. The van der Waals surface area contributed by atoms with Crippen LogP contribution in [0, 0.1) is 0 Å². The van der Waals surface area contributed by atoms with Crippen LogP contribution in [-0.4, -0.2) is 110 Å². The van der Waals surface area contributed by atoms with Gasteiger partial charge < -0.3 is 50.5 Å². The Morgan fingerprint density at radius 3 is 0.914 bits per heavy atom. The van der Waals surface area contributed by atoms with E-state index in [4.69, 9.17) is 9.47 Å². The maximum absolute atomic E-state index is 13.3. The molecule has 0 aromatic rings. The first kappa shape index (κ1) is 78.1. The van der Waals surface area contributed by atoms with Crippen LogP contribution in [0.3, 0.4) is 0 Å². The van der Waals surface area contributed by atoms with E-state index in [0.29, 0.717) is 19.3 Å². The van der Waals surface area contributed by atoms with E-state index in [1.165, 1.54) is 295 Å². The van der Waals surface area contributed by atoms with Crippen LogP contribution in [0.4, 0.5) is 0 Å². The summed E-state index contributed by atoms with van der Waals surface area (Å²) < 4.78 is 11.2. The molecule has 1 amide bonds. The molecular weight excluding hydrogens is 1010 g/mol. The van der Waals surface area contributed by atoms with Gasteiger partial charge in [-0.05, 0) is 12.8 Å². The van der Waals surface area contributed by atoms with Crippen LogP contribution in [0.1, 0.15) is 373 Å². The number of amides is 1. The molecule has 0 spiro atoms. The summed E-state index contributed by atoms with van der Waals surface area (Å²) in [6, 6.07) is -1.16. The quantitative estimate of drug-likeness (QED) is 0.0272. The summed E-state index contributed by atoms with van der Waals surface area (Å²) in [6.07, 6.45) is 60.4. The number of carbonyl (C=O) groups is 1. The molecule has 0 aromatic heterocycles. The topological polar surface area (TPSA) is 189 Å². The summed E-state index contributed by atoms with van der Waals surface area (Å²) in [6.45, 7) is 3.53. The molecule has 8 N–H and O–H groups in total. The monoisotopic (exact) mass is 1150 g/mol. The lowest BCUT2D eigenvalue weighted by Gasteiger charge is -2.40. The van der Waals surface area contributed by atoms with Gasteiger partial charge in [-0.2, -0.15) is 0 Å². The summed E-state index contributed by atoms with van der Waals surface area (Å²) in [4.78, 5) is 13.3. The molecular formula is C70H139NO10.